The third kappa shape index (κ3) is 7.26. The third-order valence-electron chi connectivity index (χ3n) is 6.22. The van der Waals surface area contributed by atoms with E-state index in [1.165, 1.54) is 12.1 Å². The molecule has 0 aromatic heterocycles. The van der Waals surface area contributed by atoms with Gasteiger partial charge in [0.25, 0.3) is 0 Å². The van der Waals surface area contributed by atoms with Gasteiger partial charge in [0.15, 0.2) is 0 Å². The Kier molecular flexibility index (Phi) is 8.46. The molecule has 172 valence electrons. The normalized spacial score (nSPS) is 15.4. The number of piperidine rings is 1. The lowest BCUT2D eigenvalue weighted by molar-refractivity contribution is 0.127. The Balaban J connectivity index is 1.63. The Bertz CT molecular complexity index is 899. The van der Waals surface area contributed by atoms with Crippen molar-refractivity contribution in [2.24, 2.45) is 5.92 Å². The van der Waals surface area contributed by atoms with Crippen LogP contribution in [0.3, 0.4) is 0 Å². The molecule has 0 unspecified atom stereocenters. The summed E-state index contributed by atoms with van der Waals surface area (Å²) < 4.78 is 19.0. The minimum Gasteiger partial charge on any atom is -0.507 e. The number of nitrogens with one attached hydrogen (secondary N) is 1. The van der Waals surface area contributed by atoms with Gasteiger partial charge >= 0.3 is 6.03 Å². The largest absolute Gasteiger partial charge is 0.507 e. The zero-order valence-electron chi connectivity index (χ0n) is 19.8. The van der Waals surface area contributed by atoms with Gasteiger partial charge in [-0.15, -0.1) is 0 Å². The first kappa shape index (κ1) is 25.2. The first-order valence-corrected chi connectivity index (χ1v) is 11.5. The van der Waals surface area contributed by atoms with E-state index >= 15 is 0 Å². The topological polar surface area (TPSA) is 44.8 Å². The van der Waals surface area contributed by atoms with Gasteiger partial charge in [0, 0.05) is 24.5 Å². The van der Waals surface area contributed by atoms with Gasteiger partial charge in [-0.05, 0) is 74.3 Å². The van der Waals surface area contributed by atoms with Crippen LogP contribution in [0.4, 0.5) is 9.18 Å². The van der Waals surface area contributed by atoms with Crippen molar-refractivity contribution in [3.63, 3.8) is 0 Å². The summed E-state index contributed by atoms with van der Waals surface area (Å²) >= 11 is 0. The summed E-state index contributed by atoms with van der Waals surface area (Å²) in [4.78, 5) is 17.3. The van der Waals surface area contributed by atoms with Gasteiger partial charge < -0.3 is 19.9 Å². The lowest BCUT2D eigenvalue weighted by atomic mass is 9.59. The lowest BCUT2D eigenvalue weighted by Gasteiger charge is -2.37. The number of likely N-dealkylation sites (tertiary alicyclic amines) is 1. The molecule has 3 rings (SSSR count). The number of carbonyl (C=O) groups is 1. The highest BCUT2D eigenvalue weighted by Crippen LogP contribution is 2.22. The van der Waals surface area contributed by atoms with E-state index in [1.807, 2.05) is 30.9 Å². The lowest BCUT2D eigenvalue weighted by Crippen LogP contribution is -2.49. The molecule has 2 aromatic carbocycles. The molecule has 0 spiro atoms. The van der Waals surface area contributed by atoms with E-state index in [-0.39, 0.29) is 23.8 Å². The standard InChI is InChI=1S/C25H32B2FN3O2/c1-18(2)25(26,27)33-23-10-6-19(7-11-23)16-29-24(32)31(22-12-14-30(3)15-13-22)17-20-4-8-21(28)9-5-20/h4-11,18,22H,12-17H2,1-3H3,(H,29,32). The second-order valence-electron chi connectivity index (χ2n) is 9.20. The Morgan fingerprint density at radius 3 is 2.27 bits per heavy atom. The molecule has 8 heteroatoms. The monoisotopic (exact) mass is 447 g/mol. The molecule has 2 aromatic rings. The molecular formula is C25H32B2FN3O2. The number of ether oxygens (including phenoxy) is 1. The number of amides is 2. The fourth-order valence-corrected chi connectivity index (χ4v) is 3.74. The first-order chi connectivity index (χ1) is 15.6. The number of hydrogen-bond acceptors (Lipinski definition) is 3. The van der Waals surface area contributed by atoms with Crippen molar-refractivity contribution < 1.29 is 13.9 Å². The van der Waals surface area contributed by atoms with Gasteiger partial charge in [-0.2, -0.15) is 0 Å². The minimum absolute atomic E-state index is 0.0527. The first-order valence-electron chi connectivity index (χ1n) is 11.5. The molecule has 0 atom stereocenters. The zero-order valence-corrected chi connectivity index (χ0v) is 19.8. The predicted octanol–water partition coefficient (Wildman–Crippen LogP) is 3.66. The average Bonchev–Trinajstić information content (AvgIpc) is 2.78. The van der Waals surface area contributed by atoms with Gasteiger partial charge in [0.2, 0.25) is 0 Å². The Morgan fingerprint density at radius 1 is 1.12 bits per heavy atom. The van der Waals surface area contributed by atoms with Crippen LogP contribution in [0.25, 0.3) is 0 Å². The molecule has 2 amide bonds. The van der Waals surface area contributed by atoms with Gasteiger partial charge in [-0.3, -0.25) is 0 Å². The summed E-state index contributed by atoms with van der Waals surface area (Å²) in [6.45, 7) is 6.50. The molecule has 1 N–H and O–H groups in total. The molecule has 1 saturated heterocycles. The van der Waals surface area contributed by atoms with Crippen molar-refractivity contribution >= 4 is 21.7 Å². The highest BCUT2D eigenvalue weighted by Gasteiger charge is 2.27. The smallest absolute Gasteiger partial charge is 0.318 e. The SMILES string of the molecule is [B]C([B])(Oc1ccc(CNC(=O)N(Cc2ccc(F)cc2)C2CCN(C)CC2)cc1)C(C)C. The number of halogens is 1. The Morgan fingerprint density at radius 2 is 1.70 bits per heavy atom. The van der Waals surface area contributed by atoms with Crippen LogP contribution >= 0.6 is 0 Å². The predicted molar refractivity (Wildman–Crippen MR) is 131 cm³/mol. The van der Waals surface area contributed by atoms with E-state index in [0.717, 1.165) is 37.1 Å². The van der Waals surface area contributed by atoms with Crippen LogP contribution in [0, 0.1) is 11.7 Å². The van der Waals surface area contributed by atoms with Gasteiger partial charge in [0.05, 0.1) is 0 Å². The summed E-state index contributed by atoms with van der Waals surface area (Å²) in [6.07, 6.45) is 1.82. The quantitative estimate of drug-likeness (QED) is 0.629. The highest BCUT2D eigenvalue weighted by molar-refractivity contribution is 6.39. The van der Waals surface area contributed by atoms with Gasteiger partial charge in [0.1, 0.15) is 27.3 Å². The molecule has 0 bridgehead atoms. The maximum Gasteiger partial charge on any atom is 0.318 e. The van der Waals surface area contributed by atoms with Crippen molar-refractivity contribution in [2.45, 2.75) is 51.2 Å². The Labute approximate surface area is 199 Å². The van der Waals surface area contributed by atoms with E-state index in [9.17, 15) is 9.18 Å². The number of hydrogen-bond donors (Lipinski definition) is 1. The second kappa shape index (κ2) is 11.1. The molecule has 1 aliphatic rings. The molecule has 1 heterocycles. The molecule has 0 saturated carbocycles. The molecule has 4 radical (unpaired) electrons. The summed E-state index contributed by atoms with van der Waals surface area (Å²) in [6, 6.07) is 13.7. The number of rotatable bonds is 8. The van der Waals surface area contributed by atoms with Crippen LogP contribution in [-0.2, 0) is 13.1 Å². The van der Waals surface area contributed by atoms with E-state index in [1.54, 1.807) is 24.3 Å². The summed E-state index contributed by atoms with van der Waals surface area (Å²) in [5, 5.41) is 1.79. The van der Waals surface area contributed by atoms with Crippen LogP contribution in [0.1, 0.15) is 37.8 Å². The van der Waals surface area contributed by atoms with Crippen molar-refractivity contribution in [1.29, 1.82) is 0 Å². The Hall–Kier alpha value is -2.47. The number of carbonyl (C=O) groups excluding carboxylic acids is 1. The summed E-state index contributed by atoms with van der Waals surface area (Å²) in [5.74, 6) is 0.243. The third-order valence-corrected chi connectivity index (χ3v) is 6.22. The fourth-order valence-electron chi connectivity index (χ4n) is 3.74. The second-order valence-corrected chi connectivity index (χ2v) is 9.20. The molecule has 33 heavy (non-hydrogen) atoms. The van der Waals surface area contributed by atoms with Crippen LogP contribution < -0.4 is 10.1 Å². The minimum atomic E-state index is -1.25. The summed E-state index contributed by atoms with van der Waals surface area (Å²) in [7, 11) is 14.1. The number of benzene rings is 2. The van der Waals surface area contributed by atoms with Gasteiger partial charge in [-0.25, -0.2) is 9.18 Å². The van der Waals surface area contributed by atoms with E-state index in [4.69, 9.17) is 20.4 Å². The fraction of sp³-hybridized carbons (Fsp3) is 0.480. The molecule has 1 aliphatic heterocycles. The molecule has 1 fully saturated rings. The van der Waals surface area contributed by atoms with E-state index in [2.05, 4.69) is 17.3 Å². The summed E-state index contributed by atoms with van der Waals surface area (Å²) in [5.41, 5.74) is 1.84. The van der Waals surface area contributed by atoms with Crippen LogP contribution in [0.15, 0.2) is 48.5 Å². The highest BCUT2D eigenvalue weighted by atomic mass is 19.1. The van der Waals surface area contributed by atoms with E-state index < -0.39 is 5.40 Å². The van der Waals surface area contributed by atoms with Crippen LogP contribution in [0.2, 0.25) is 0 Å². The van der Waals surface area contributed by atoms with Crippen molar-refractivity contribution in [1.82, 2.24) is 15.1 Å². The van der Waals surface area contributed by atoms with Crippen molar-refractivity contribution in [3.8, 4) is 5.75 Å². The zero-order chi connectivity index (χ0) is 24.0. The molecule has 5 nitrogen and oxygen atoms in total. The maximum absolute atomic E-state index is 13.3. The number of nitrogens with zero attached hydrogens (tertiary/aromatic N) is 2. The van der Waals surface area contributed by atoms with E-state index in [0.29, 0.717) is 18.8 Å². The van der Waals surface area contributed by atoms with Crippen LogP contribution in [-0.4, -0.2) is 63.1 Å². The molecular weight excluding hydrogens is 415 g/mol. The number of urea groups is 1. The molecule has 0 aliphatic carbocycles. The van der Waals surface area contributed by atoms with Crippen LogP contribution in [0.5, 0.6) is 5.75 Å². The average molecular weight is 447 g/mol. The maximum atomic E-state index is 13.3. The van der Waals surface area contributed by atoms with Crippen molar-refractivity contribution in [2.75, 3.05) is 20.1 Å². The van der Waals surface area contributed by atoms with Gasteiger partial charge in [-0.1, -0.05) is 38.1 Å². The van der Waals surface area contributed by atoms with Crippen molar-refractivity contribution in [3.05, 3.63) is 65.5 Å².